The first-order valence-electron chi connectivity index (χ1n) is 5.48. The van der Waals surface area contributed by atoms with Crippen molar-refractivity contribution in [1.82, 2.24) is 0 Å². The Morgan fingerprint density at radius 3 is 2.50 bits per heavy atom. The van der Waals surface area contributed by atoms with Crippen molar-refractivity contribution in [1.29, 1.82) is 0 Å². The van der Waals surface area contributed by atoms with E-state index in [0.29, 0.717) is 0 Å². The van der Waals surface area contributed by atoms with E-state index >= 15 is 0 Å². The fourth-order valence-electron chi connectivity index (χ4n) is 1.01. The summed E-state index contributed by atoms with van der Waals surface area (Å²) in [5.41, 5.74) is 0. The van der Waals surface area contributed by atoms with Crippen molar-refractivity contribution in [3.05, 3.63) is 55.4 Å². The number of phosphoric ester groups is 1. The highest BCUT2D eigenvalue weighted by Gasteiger charge is 2.33. The molecule has 0 spiro atoms. The van der Waals surface area contributed by atoms with Crippen molar-refractivity contribution in [2.75, 3.05) is 13.2 Å². The summed E-state index contributed by atoms with van der Waals surface area (Å²) in [6.45, 7) is 5.56. The molecule has 18 heavy (non-hydrogen) atoms. The lowest BCUT2D eigenvalue weighted by molar-refractivity contribution is -0.861. The van der Waals surface area contributed by atoms with E-state index in [2.05, 4.69) is 6.58 Å². The molecule has 0 aliphatic heterocycles. The lowest BCUT2D eigenvalue weighted by Crippen LogP contribution is -2.40. The smallest absolute Gasteiger partial charge is 0.270 e. The van der Waals surface area contributed by atoms with Crippen molar-refractivity contribution >= 4 is 7.82 Å². The van der Waals surface area contributed by atoms with Gasteiger partial charge in [-0.05, 0) is 6.92 Å². The minimum atomic E-state index is -3.65. The second kappa shape index (κ2) is 7.82. The van der Waals surface area contributed by atoms with Crippen LogP contribution in [0.3, 0.4) is 0 Å². The molecule has 0 fully saturated rings. The molecule has 6 heteroatoms. The Hall–Kier alpha value is -1.42. The Balaban J connectivity index is 2.70. The van der Waals surface area contributed by atoms with Gasteiger partial charge < -0.3 is 0 Å². The molecule has 1 heterocycles. The van der Waals surface area contributed by atoms with Gasteiger partial charge >= 0.3 is 7.82 Å². The average molecular weight is 270 g/mol. The van der Waals surface area contributed by atoms with Gasteiger partial charge in [0, 0.05) is 16.9 Å². The standard InChI is InChI=1S/C12H17NO4P/c1-3-5-12-16-18(14,15-11-4-2)17-13-9-7-6-8-10-13/h3-10H,2,11-12H2,1H3/q+1. The summed E-state index contributed by atoms with van der Waals surface area (Å²) in [4.78, 5) is 0. The molecule has 1 aromatic rings. The van der Waals surface area contributed by atoms with Crippen LogP contribution < -0.4 is 9.35 Å². The quantitative estimate of drug-likeness (QED) is 0.413. The van der Waals surface area contributed by atoms with E-state index in [1.165, 1.54) is 10.8 Å². The van der Waals surface area contributed by atoms with E-state index in [1.54, 1.807) is 36.7 Å². The van der Waals surface area contributed by atoms with Crippen LogP contribution in [-0.4, -0.2) is 13.2 Å². The first kappa shape index (κ1) is 14.6. The number of nitrogens with zero attached hydrogens (tertiary/aromatic N) is 1. The Kier molecular flexibility index (Phi) is 6.36. The van der Waals surface area contributed by atoms with E-state index in [1.807, 2.05) is 13.0 Å². The summed E-state index contributed by atoms with van der Waals surface area (Å²) < 4.78 is 28.9. The molecule has 0 bridgehead atoms. The molecule has 0 amide bonds. The molecule has 1 rings (SSSR count). The molecule has 1 atom stereocenters. The van der Waals surface area contributed by atoms with Crippen molar-refractivity contribution in [2.24, 2.45) is 0 Å². The van der Waals surface area contributed by atoms with Crippen molar-refractivity contribution in [3.63, 3.8) is 0 Å². The molecular weight excluding hydrogens is 253 g/mol. The van der Waals surface area contributed by atoms with Crippen LogP contribution in [0, 0.1) is 0 Å². The number of rotatable bonds is 8. The summed E-state index contributed by atoms with van der Waals surface area (Å²) in [6.07, 6.45) is 8.17. The molecule has 0 aliphatic rings. The van der Waals surface area contributed by atoms with Gasteiger partial charge in [0.2, 0.25) is 12.4 Å². The maximum absolute atomic E-state index is 12.2. The molecule has 1 aromatic heterocycles. The summed E-state index contributed by atoms with van der Waals surface area (Å²) in [5.74, 6) is 0. The van der Waals surface area contributed by atoms with E-state index in [4.69, 9.17) is 13.7 Å². The third kappa shape index (κ3) is 5.27. The second-order valence-electron chi connectivity index (χ2n) is 3.21. The highest BCUT2D eigenvalue weighted by atomic mass is 31.2. The zero-order chi connectivity index (χ0) is 13.3. The first-order chi connectivity index (χ1) is 8.70. The fraction of sp³-hybridized carbons (Fsp3) is 0.250. The van der Waals surface area contributed by atoms with Crippen LogP contribution in [0.2, 0.25) is 0 Å². The van der Waals surface area contributed by atoms with Gasteiger partial charge in [-0.15, -0.1) is 6.58 Å². The molecule has 0 N–H and O–H groups in total. The van der Waals surface area contributed by atoms with Crippen LogP contribution in [0.4, 0.5) is 0 Å². The number of aromatic nitrogens is 1. The number of phosphoric acid groups is 1. The zero-order valence-electron chi connectivity index (χ0n) is 10.3. The summed E-state index contributed by atoms with van der Waals surface area (Å²) in [7, 11) is -3.65. The third-order valence-corrected chi connectivity index (χ3v) is 3.12. The molecule has 0 aliphatic carbocycles. The molecule has 0 saturated heterocycles. The van der Waals surface area contributed by atoms with Crippen molar-refractivity contribution in [2.45, 2.75) is 6.92 Å². The molecule has 5 nitrogen and oxygen atoms in total. The van der Waals surface area contributed by atoms with E-state index in [0.717, 1.165) is 0 Å². The van der Waals surface area contributed by atoms with Crippen LogP contribution in [0.25, 0.3) is 0 Å². The minimum absolute atomic E-state index is 0.0838. The fourth-order valence-corrected chi connectivity index (χ4v) is 2.08. The summed E-state index contributed by atoms with van der Waals surface area (Å²) >= 11 is 0. The molecule has 1 unspecified atom stereocenters. The SMILES string of the molecule is C=CCOP(=O)(OCC=CC)O[n+]1ccccc1. The van der Waals surface area contributed by atoms with Crippen molar-refractivity contribution < 1.29 is 23.0 Å². The molecule has 98 valence electrons. The summed E-state index contributed by atoms with van der Waals surface area (Å²) in [6, 6.07) is 5.30. The molecular formula is C12H17NO4P+. The second-order valence-corrected chi connectivity index (χ2v) is 4.79. The topological polar surface area (TPSA) is 48.6 Å². The Morgan fingerprint density at radius 1 is 1.22 bits per heavy atom. The largest absolute Gasteiger partial charge is 0.586 e. The number of hydrogen-bond donors (Lipinski definition) is 0. The number of pyridine rings is 1. The molecule has 0 aromatic carbocycles. The average Bonchev–Trinajstić information content (AvgIpc) is 2.38. The predicted molar refractivity (Wildman–Crippen MR) is 67.7 cm³/mol. The van der Waals surface area contributed by atoms with Gasteiger partial charge in [-0.2, -0.15) is 4.62 Å². The highest BCUT2D eigenvalue weighted by molar-refractivity contribution is 7.48. The van der Waals surface area contributed by atoms with Gasteiger partial charge in [0.1, 0.15) is 0 Å². The van der Waals surface area contributed by atoms with Gasteiger partial charge in [-0.3, -0.25) is 9.05 Å². The molecule has 0 saturated carbocycles. The van der Waals surface area contributed by atoms with Crippen LogP contribution in [-0.2, 0) is 13.6 Å². The van der Waals surface area contributed by atoms with Gasteiger partial charge in [0.25, 0.3) is 0 Å². The minimum Gasteiger partial charge on any atom is -0.270 e. The van der Waals surface area contributed by atoms with Crippen LogP contribution in [0.15, 0.2) is 55.4 Å². The van der Waals surface area contributed by atoms with E-state index in [-0.39, 0.29) is 13.2 Å². The number of allylic oxidation sites excluding steroid dienone is 1. The first-order valence-corrected chi connectivity index (χ1v) is 6.94. The Labute approximate surface area is 107 Å². The van der Waals surface area contributed by atoms with Crippen LogP contribution in [0.5, 0.6) is 0 Å². The number of hydrogen-bond acceptors (Lipinski definition) is 4. The Bertz CT molecular complexity index is 433. The van der Waals surface area contributed by atoms with Gasteiger partial charge in [0.05, 0.1) is 13.2 Å². The van der Waals surface area contributed by atoms with Gasteiger partial charge in [0.15, 0.2) is 0 Å². The van der Waals surface area contributed by atoms with E-state index < -0.39 is 7.82 Å². The maximum atomic E-state index is 12.2. The van der Waals surface area contributed by atoms with Gasteiger partial charge in [-0.25, -0.2) is 4.57 Å². The van der Waals surface area contributed by atoms with Crippen molar-refractivity contribution in [3.8, 4) is 0 Å². The molecule has 0 radical (unpaired) electrons. The monoisotopic (exact) mass is 270 g/mol. The third-order valence-electron chi connectivity index (χ3n) is 1.80. The van der Waals surface area contributed by atoms with Crippen LogP contribution >= 0.6 is 7.82 Å². The lowest BCUT2D eigenvalue weighted by Gasteiger charge is -2.11. The zero-order valence-corrected chi connectivity index (χ0v) is 11.2. The highest BCUT2D eigenvalue weighted by Crippen LogP contribution is 2.44. The maximum Gasteiger partial charge on any atom is 0.586 e. The predicted octanol–water partition coefficient (Wildman–Crippen LogP) is 2.31. The van der Waals surface area contributed by atoms with E-state index in [9.17, 15) is 4.57 Å². The Morgan fingerprint density at radius 2 is 1.89 bits per heavy atom. The summed E-state index contributed by atoms with van der Waals surface area (Å²) in [5, 5.41) is 0. The van der Waals surface area contributed by atoms with Gasteiger partial charge in [-0.1, -0.05) is 24.3 Å². The lowest BCUT2D eigenvalue weighted by atomic mass is 10.5. The normalized spacial score (nSPS) is 14.3. The van der Waals surface area contributed by atoms with Crippen LogP contribution in [0.1, 0.15) is 6.92 Å².